The second kappa shape index (κ2) is 6.74. The molecule has 0 atom stereocenters. The number of carbonyl (C=O) groups excluding carboxylic acids is 1. The molecule has 0 aliphatic carbocycles. The third-order valence-corrected chi connectivity index (χ3v) is 3.70. The van der Waals surface area contributed by atoms with E-state index >= 15 is 0 Å². The van der Waals surface area contributed by atoms with Crippen molar-refractivity contribution in [3.05, 3.63) is 54.1 Å². The van der Waals surface area contributed by atoms with Crippen LogP contribution >= 0.6 is 11.8 Å². The maximum Gasteiger partial charge on any atom is 0.416 e. The number of hydrogen-bond donors (Lipinski definition) is 2. The Kier molecular flexibility index (Phi) is 4.97. The highest BCUT2D eigenvalue weighted by molar-refractivity contribution is 8.00. The molecule has 2 rings (SSSR count). The fourth-order valence-electron chi connectivity index (χ4n) is 1.72. The summed E-state index contributed by atoms with van der Waals surface area (Å²) in [6, 6.07) is 11.6. The van der Waals surface area contributed by atoms with Crippen molar-refractivity contribution in [1.29, 1.82) is 0 Å². The Morgan fingerprint density at radius 1 is 1.14 bits per heavy atom. The maximum atomic E-state index is 12.6. The number of carbonyl (C=O) groups is 1. The summed E-state index contributed by atoms with van der Waals surface area (Å²) < 4.78 is 37.8. The van der Waals surface area contributed by atoms with Crippen molar-refractivity contribution < 1.29 is 18.0 Å². The van der Waals surface area contributed by atoms with Crippen molar-refractivity contribution in [1.82, 2.24) is 0 Å². The molecule has 3 nitrogen and oxygen atoms in total. The number of halogens is 3. The molecule has 2 aromatic carbocycles. The van der Waals surface area contributed by atoms with Crippen LogP contribution in [0.25, 0.3) is 0 Å². The molecule has 1 amide bonds. The average Bonchev–Trinajstić information content (AvgIpc) is 2.45. The van der Waals surface area contributed by atoms with Crippen molar-refractivity contribution >= 4 is 29.0 Å². The van der Waals surface area contributed by atoms with Gasteiger partial charge in [-0.25, -0.2) is 0 Å². The number of anilines is 2. The van der Waals surface area contributed by atoms with Crippen LogP contribution in [0.5, 0.6) is 0 Å². The maximum absolute atomic E-state index is 12.6. The molecule has 0 bridgehead atoms. The molecule has 0 saturated heterocycles. The van der Waals surface area contributed by atoms with Crippen LogP contribution in [-0.4, -0.2) is 11.7 Å². The summed E-state index contributed by atoms with van der Waals surface area (Å²) in [5, 5.41) is 2.45. The monoisotopic (exact) mass is 326 g/mol. The van der Waals surface area contributed by atoms with Crippen molar-refractivity contribution in [2.75, 3.05) is 16.8 Å². The third-order valence-electron chi connectivity index (χ3n) is 2.70. The van der Waals surface area contributed by atoms with Crippen LogP contribution in [0, 0.1) is 0 Å². The average molecular weight is 326 g/mol. The summed E-state index contributed by atoms with van der Waals surface area (Å²) in [6.07, 6.45) is -4.43. The van der Waals surface area contributed by atoms with E-state index in [0.717, 1.165) is 17.0 Å². The molecule has 0 spiro atoms. The van der Waals surface area contributed by atoms with E-state index in [1.807, 2.05) is 0 Å². The van der Waals surface area contributed by atoms with Crippen LogP contribution in [0.4, 0.5) is 24.5 Å². The van der Waals surface area contributed by atoms with Gasteiger partial charge in [-0.3, -0.25) is 4.79 Å². The molecule has 22 heavy (non-hydrogen) atoms. The van der Waals surface area contributed by atoms with E-state index in [1.165, 1.54) is 23.9 Å². The van der Waals surface area contributed by atoms with Crippen molar-refractivity contribution in [3.8, 4) is 0 Å². The highest BCUT2D eigenvalue weighted by Gasteiger charge is 2.30. The van der Waals surface area contributed by atoms with E-state index in [4.69, 9.17) is 5.73 Å². The van der Waals surface area contributed by atoms with Gasteiger partial charge in [-0.1, -0.05) is 12.1 Å². The number of hydrogen-bond acceptors (Lipinski definition) is 3. The molecule has 0 unspecified atom stereocenters. The van der Waals surface area contributed by atoms with Gasteiger partial charge in [-0.15, -0.1) is 11.8 Å². The second-order valence-corrected chi connectivity index (χ2v) is 5.54. The predicted octanol–water partition coefficient (Wildman–Crippen LogP) is 4.02. The fourth-order valence-corrected chi connectivity index (χ4v) is 2.49. The Hall–Kier alpha value is -2.15. The molecule has 7 heteroatoms. The molecule has 0 fully saturated rings. The zero-order valence-electron chi connectivity index (χ0n) is 11.4. The molecule has 2 aromatic rings. The van der Waals surface area contributed by atoms with Gasteiger partial charge in [-0.2, -0.15) is 13.2 Å². The second-order valence-electron chi connectivity index (χ2n) is 4.49. The highest BCUT2D eigenvalue weighted by Crippen LogP contribution is 2.30. The summed E-state index contributed by atoms with van der Waals surface area (Å²) >= 11 is 1.26. The lowest BCUT2D eigenvalue weighted by molar-refractivity contribution is -0.137. The van der Waals surface area contributed by atoms with E-state index in [1.54, 1.807) is 24.3 Å². The number of amides is 1. The highest BCUT2D eigenvalue weighted by atomic mass is 32.2. The van der Waals surface area contributed by atoms with Crippen LogP contribution < -0.4 is 11.1 Å². The summed E-state index contributed by atoms with van der Waals surface area (Å²) in [5.41, 5.74) is 5.53. The Bertz CT molecular complexity index is 674. The van der Waals surface area contributed by atoms with Crippen LogP contribution in [0.2, 0.25) is 0 Å². The summed E-state index contributed by atoms with van der Waals surface area (Å²) in [6.45, 7) is 0. The van der Waals surface area contributed by atoms with E-state index < -0.39 is 11.7 Å². The predicted molar refractivity (Wildman–Crippen MR) is 81.7 cm³/mol. The van der Waals surface area contributed by atoms with E-state index in [-0.39, 0.29) is 17.3 Å². The molecule has 0 radical (unpaired) electrons. The minimum absolute atomic E-state index is 0.0830. The lowest BCUT2D eigenvalue weighted by atomic mass is 10.2. The van der Waals surface area contributed by atoms with Crippen LogP contribution in [0.1, 0.15) is 5.56 Å². The Morgan fingerprint density at radius 2 is 1.86 bits per heavy atom. The van der Waals surface area contributed by atoms with Gasteiger partial charge in [0.15, 0.2) is 0 Å². The first kappa shape index (κ1) is 16.2. The third kappa shape index (κ3) is 4.70. The Morgan fingerprint density at radius 3 is 2.55 bits per heavy atom. The van der Waals surface area contributed by atoms with Crippen molar-refractivity contribution in [2.24, 2.45) is 0 Å². The molecular weight excluding hydrogens is 313 g/mol. The number of nitrogen functional groups attached to an aromatic ring is 1. The number of thioether (sulfide) groups is 1. The minimum Gasteiger partial charge on any atom is -0.399 e. The van der Waals surface area contributed by atoms with Gasteiger partial charge in [0, 0.05) is 16.3 Å². The normalized spacial score (nSPS) is 11.2. The number of alkyl halides is 3. The minimum atomic E-state index is -4.43. The first-order chi connectivity index (χ1) is 10.3. The van der Waals surface area contributed by atoms with Gasteiger partial charge >= 0.3 is 6.18 Å². The van der Waals surface area contributed by atoms with Gasteiger partial charge in [0.05, 0.1) is 11.3 Å². The first-order valence-corrected chi connectivity index (χ1v) is 7.28. The smallest absolute Gasteiger partial charge is 0.399 e. The number of rotatable bonds is 4. The first-order valence-electron chi connectivity index (χ1n) is 6.30. The number of nitrogens with two attached hydrogens (primary N) is 1. The Labute approximate surface area is 129 Å². The fraction of sp³-hybridized carbons (Fsp3) is 0.133. The number of nitrogens with one attached hydrogen (secondary N) is 1. The van der Waals surface area contributed by atoms with E-state index in [2.05, 4.69) is 5.32 Å². The van der Waals surface area contributed by atoms with E-state index in [9.17, 15) is 18.0 Å². The summed E-state index contributed by atoms with van der Waals surface area (Å²) in [4.78, 5) is 12.6. The van der Waals surface area contributed by atoms with Crippen LogP contribution in [0.15, 0.2) is 53.4 Å². The van der Waals surface area contributed by atoms with Crippen LogP contribution in [0.3, 0.4) is 0 Å². The SMILES string of the molecule is Nc1cccc(SCC(=O)Nc2cccc(C(F)(F)F)c2)c1. The van der Waals surface area contributed by atoms with Gasteiger partial charge in [0.1, 0.15) is 0 Å². The largest absolute Gasteiger partial charge is 0.416 e. The summed E-state index contributed by atoms with van der Waals surface area (Å²) in [5.74, 6) is -0.300. The molecule has 0 aliphatic rings. The molecular formula is C15H13F3N2OS. The van der Waals surface area contributed by atoms with Crippen molar-refractivity contribution in [2.45, 2.75) is 11.1 Å². The quantitative estimate of drug-likeness (QED) is 0.659. The molecule has 0 heterocycles. The van der Waals surface area contributed by atoms with Crippen LogP contribution in [-0.2, 0) is 11.0 Å². The lowest BCUT2D eigenvalue weighted by Gasteiger charge is -2.10. The van der Waals surface area contributed by atoms with Gasteiger partial charge in [-0.05, 0) is 36.4 Å². The van der Waals surface area contributed by atoms with Gasteiger partial charge in [0.25, 0.3) is 0 Å². The van der Waals surface area contributed by atoms with Gasteiger partial charge in [0.2, 0.25) is 5.91 Å². The van der Waals surface area contributed by atoms with Gasteiger partial charge < -0.3 is 11.1 Å². The van der Waals surface area contributed by atoms with E-state index in [0.29, 0.717) is 5.69 Å². The molecule has 0 aliphatic heterocycles. The topological polar surface area (TPSA) is 55.1 Å². The standard InChI is InChI=1S/C15H13F3N2OS/c16-15(17,18)10-3-1-5-12(7-10)20-14(21)9-22-13-6-2-4-11(19)8-13/h1-8H,9,19H2,(H,20,21). The molecule has 3 N–H and O–H groups in total. The molecule has 0 aromatic heterocycles. The lowest BCUT2D eigenvalue weighted by Crippen LogP contribution is -2.15. The summed E-state index contributed by atoms with van der Waals surface area (Å²) in [7, 11) is 0. The molecule has 0 saturated carbocycles. The number of benzene rings is 2. The Balaban J connectivity index is 1.95. The zero-order valence-corrected chi connectivity index (χ0v) is 12.2. The zero-order chi connectivity index (χ0) is 16.2. The molecule has 116 valence electrons. The van der Waals surface area contributed by atoms with Crippen molar-refractivity contribution in [3.63, 3.8) is 0 Å².